The van der Waals surface area contributed by atoms with E-state index in [0.717, 1.165) is 24.5 Å². The molecule has 1 unspecified atom stereocenters. The van der Waals surface area contributed by atoms with Crippen LogP contribution in [0.25, 0.3) is 0 Å². The highest BCUT2D eigenvalue weighted by atomic mass is 32.2. The highest BCUT2D eigenvalue weighted by Crippen LogP contribution is 2.09. The Labute approximate surface area is 68.2 Å². The number of hydrogen-bond donors (Lipinski definition) is 1. The Morgan fingerprint density at radius 3 is 2.30 bits per heavy atom. The summed E-state index contributed by atoms with van der Waals surface area (Å²) in [5.74, 6) is 1.60. The second-order valence-electron chi connectivity index (χ2n) is 3.08. The lowest BCUT2D eigenvalue weighted by Crippen LogP contribution is -2.10. The van der Waals surface area contributed by atoms with Gasteiger partial charge < -0.3 is 5.11 Å². The van der Waals surface area contributed by atoms with Crippen LogP contribution < -0.4 is 0 Å². The summed E-state index contributed by atoms with van der Waals surface area (Å²) >= 11 is 1.71. The zero-order valence-electron chi connectivity index (χ0n) is 7.13. The summed E-state index contributed by atoms with van der Waals surface area (Å²) < 4.78 is 0. The number of aliphatic hydroxyl groups excluding tert-OH is 1. The van der Waals surface area contributed by atoms with Crippen molar-refractivity contribution in [2.24, 2.45) is 5.92 Å². The van der Waals surface area contributed by atoms with Crippen LogP contribution in [0.3, 0.4) is 0 Å². The van der Waals surface area contributed by atoms with Crippen LogP contribution in [0.15, 0.2) is 0 Å². The van der Waals surface area contributed by atoms with Crippen LogP contribution in [0.2, 0.25) is 0 Å². The van der Waals surface area contributed by atoms with E-state index in [1.807, 2.05) is 6.26 Å². The third kappa shape index (κ3) is 6.43. The molecule has 0 rings (SSSR count). The maximum atomic E-state index is 9.28. The number of thioether (sulfide) groups is 1. The van der Waals surface area contributed by atoms with Crippen LogP contribution in [0.1, 0.15) is 26.7 Å². The van der Waals surface area contributed by atoms with Gasteiger partial charge >= 0.3 is 0 Å². The lowest BCUT2D eigenvalue weighted by Gasteiger charge is -2.09. The molecule has 0 saturated heterocycles. The fourth-order valence-corrected chi connectivity index (χ4v) is 1.35. The molecule has 0 aromatic heterocycles. The normalized spacial score (nSPS) is 14.1. The Bertz CT molecular complexity index is 73.7. The van der Waals surface area contributed by atoms with Crippen molar-refractivity contribution in [2.75, 3.05) is 12.0 Å². The van der Waals surface area contributed by atoms with Crippen molar-refractivity contribution in [3.8, 4) is 0 Å². The molecule has 1 nitrogen and oxygen atoms in total. The molecular formula is C8H18OS. The van der Waals surface area contributed by atoms with E-state index in [0.29, 0.717) is 0 Å². The van der Waals surface area contributed by atoms with Gasteiger partial charge in [-0.25, -0.2) is 0 Å². The quantitative estimate of drug-likeness (QED) is 0.668. The number of hydrogen-bond acceptors (Lipinski definition) is 2. The van der Waals surface area contributed by atoms with Crippen molar-refractivity contribution < 1.29 is 5.11 Å². The third-order valence-electron chi connectivity index (χ3n) is 1.44. The van der Waals surface area contributed by atoms with Gasteiger partial charge in [0.05, 0.1) is 6.10 Å². The second-order valence-corrected chi connectivity index (χ2v) is 3.99. The first-order chi connectivity index (χ1) is 4.66. The van der Waals surface area contributed by atoms with Crippen molar-refractivity contribution in [3.63, 3.8) is 0 Å². The Balaban J connectivity index is 3.12. The van der Waals surface area contributed by atoms with Crippen molar-refractivity contribution >= 4 is 11.8 Å². The molecule has 0 aliphatic carbocycles. The van der Waals surface area contributed by atoms with Gasteiger partial charge in [0.15, 0.2) is 0 Å². The van der Waals surface area contributed by atoms with E-state index < -0.39 is 0 Å². The van der Waals surface area contributed by atoms with Gasteiger partial charge in [0.2, 0.25) is 0 Å². The first-order valence-electron chi connectivity index (χ1n) is 3.83. The van der Waals surface area contributed by atoms with Gasteiger partial charge in [-0.15, -0.1) is 0 Å². The maximum absolute atomic E-state index is 9.28. The molecule has 62 valence electrons. The second kappa shape index (κ2) is 6.05. The lowest BCUT2D eigenvalue weighted by atomic mass is 10.1. The van der Waals surface area contributed by atoms with Gasteiger partial charge in [-0.05, 0) is 25.0 Å². The predicted molar refractivity (Wildman–Crippen MR) is 48.5 cm³/mol. The average molecular weight is 162 g/mol. The third-order valence-corrected chi connectivity index (χ3v) is 2.15. The Hall–Kier alpha value is 0.310. The van der Waals surface area contributed by atoms with E-state index in [9.17, 15) is 5.11 Å². The topological polar surface area (TPSA) is 20.2 Å². The van der Waals surface area contributed by atoms with E-state index in [-0.39, 0.29) is 6.10 Å². The zero-order valence-corrected chi connectivity index (χ0v) is 7.95. The molecule has 10 heavy (non-hydrogen) atoms. The molecule has 0 amide bonds. The van der Waals surface area contributed by atoms with Crippen molar-refractivity contribution in [1.82, 2.24) is 0 Å². The highest BCUT2D eigenvalue weighted by molar-refractivity contribution is 7.98. The first-order valence-corrected chi connectivity index (χ1v) is 5.23. The van der Waals surface area contributed by atoms with E-state index in [1.165, 1.54) is 0 Å². The van der Waals surface area contributed by atoms with Crippen molar-refractivity contribution in [1.29, 1.82) is 0 Å². The molecule has 0 aromatic carbocycles. The molecular weight excluding hydrogens is 144 g/mol. The molecule has 0 radical (unpaired) electrons. The summed E-state index contributed by atoms with van der Waals surface area (Å²) in [6.45, 7) is 4.37. The summed E-state index contributed by atoms with van der Waals surface area (Å²) in [6, 6.07) is 0. The lowest BCUT2D eigenvalue weighted by molar-refractivity contribution is 0.180. The van der Waals surface area contributed by atoms with Gasteiger partial charge in [-0.3, -0.25) is 0 Å². The summed E-state index contributed by atoms with van der Waals surface area (Å²) in [4.78, 5) is 0. The Morgan fingerprint density at radius 2 is 1.90 bits per heavy atom. The molecule has 1 atom stereocenters. The summed E-state index contributed by atoms with van der Waals surface area (Å²) in [5, 5.41) is 9.28. The molecule has 0 aliphatic rings. The Kier molecular flexibility index (Phi) is 6.24. The van der Waals surface area contributed by atoms with Gasteiger partial charge in [-0.2, -0.15) is 11.8 Å². The zero-order chi connectivity index (χ0) is 7.98. The summed E-state index contributed by atoms with van der Waals surface area (Å²) in [5.41, 5.74) is 0. The smallest absolute Gasteiger partial charge is 0.0630 e. The molecule has 2 heteroatoms. The fourth-order valence-electron chi connectivity index (χ4n) is 0.801. The maximum Gasteiger partial charge on any atom is 0.0630 e. The van der Waals surface area contributed by atoms with Crippen LogP contribution in [0.4, 0.5) is 0 Å². The minimum absolute atomic E-state index is 0.0857. The van der Waals surface area contributed by atoms with Crippen LogP contribution >= 0.6 is 11.8 Å². The van der Waals surface area contributed by atoms with E-state index in [2.05, 4.69) is 13.8 Å². The minimum Gasteiger partial charge on any atom is -0.392 e. The SMILES string of the molecule is CSCC(O)CCC(C)C. The monoisotopic (exact) mass is 162 g/mol. The number of rotatable bonds is 5. The minimum atomic E-state index is -0.0857. The molecule has 0 aromatic rings. The van der Waals surface area contributed by atoms with Gasteiger partial charge in [0, 0.05) is 5.75 Å². The molecule has 0 bridgehead atoms. The van der Waals surface area contributed by atoms with Crippen molar-refractivity contribution in [3.05, 3.63) is 0 Å². The van der Waals surface area contributed by atoms with Gasteiger partial charge in [0.25, 0.3) is 0 Å². The summed E-state index contributed by atoms with van der Waals surface area (Å²) in [6.07, 6.45) is 4.04. The van der Waals surface area contributed by atoms with Gasteiger partial charge in [-0.1, -0.05) is 13.8 Å². The van der Waals surface area contributed by atoms with E-state index in [1.54, 1.807) is 11.8 Å². The van der Waals surface area contributed by atoms with Crippen molar-refractivity contribution in [2.45, 2.75) is 32.8 Å². The number of aliphatic hydroxyl groups is 1. The first kappa shape index (κ1) is 10.3. The Morgan fingerprint density at radius 1 is 1.30 bits per heavy atom. The molecule has 0 heterocycles. The summed E-state index contributed by atoms with van der Waals surface area (Å²) in [7, 11) is 0. The predicted octanol–water partition coefficient (Wildman–Crippen LogP) is 2.15. The van der Waals surface area contributed by atoms with Gasteiger partial charge in [0.1, 0.15) is 0 Å². The fraction of sp³-hybridized carbons (Fsp3) is 1.00. The molecule has 1 N–H and O–H groups in total. The van der Waals surface area contributed by atoms with Crippen LogP contribution in [-0.2, 0) is 0 Å². The van der Waals surface area contributed by atoms with Crippen LogP contribution in [0.5, 0.6) is 0 Å². The van der Waals surface area contributed by atoms with E-state index in [4.69, 9.17) is 0 Å². The molecule has 0 saturated carbocycles. The largest absolute Gasteiger partial charge is 0.392 e. The van der Waals surface area contributed by atoms with Crippen LogP contribution in [0, 0.1) is 5.92 Å². The molecule has 0 aliphatic heterocycles. The average Bonchev–Trinajstić information content (AvgIpc) is 1.85. The molecule has 0 spiro atoms. The van der Waals surface area contributed by atoms with E-state index >= 15 is 0 Å². The van der Waals surface area contributed by atoms with Crippen LogP contribution in [-0.4, -0.2) is 23.2 Å². The standard InChI is InChI=1S/C8H18OS/c1-7(2)4-5-8(9)6-10-3/h7-9H,4-6H2,1-3H3. The molecule has 0 fully saturated rings. The highest BCUT2D eigenvalue weighted by Gasteiger charge is 2.03.